The lowest BCUT2D eigenvalue weighted by Crippen LogP contribution is -2.41. The van der Waals surface area contributed by atoms with Gasteiger partial charge in [-0.3, -0.25) is 4.79 Å². The molecule has 0 aliphatic heterocycles. The van der Waals surface area contributed by atoms with Gasteiger partial charge in [0, 0.05) is 0 Å². The number of esters is 1. The van der Waals surface area contributed by atoms with Crippen molar-refractivity contribution < 1.29 is 36.2 Å². The summed E-state index contributed by atoms with van der Waals surface area (Å²) in [6.07, 6.45) is -2.88. The number of alkyl halides is 5. The van der Waals surface area contributed by atoms with Crippen LogP contribution in [0.1, 0.15) is 58.3 Å². The highest BCUT2D eigenvalue weighted by molar-refractivity contribution is 5.75. The van der Waals surface area contributed by atoms with Gasteiger partial charge in [0.05, 0.1) is 5.92 Å². The van der Waals surface area contributed by atoms with Crippen LogP contribution >= 0.6 is 0 Å². The molecule has 1 saturated carbocycles. The van der Waals surface area contributed by atoms with Gasteiger partial charge in [0.1, 0.15) is 11.5 Å². The summed E-state index contributed by atoms with van der Waals surface area (Å²) in [5.41, 5.74) is 0. The summed E-state index contributed by atoms with van der Waals surface area (Å²) in [5.74, 6) is -0.566. The first kappa shape index (κ1) is 22.4. The summed E-state index contributed by atoms with van der Waals surface area (Å²) in [4.78, 5) is 12.3. The van der Waals surface area contributed by atoms with Crippen LogP contribution in [-0.2, 0) is 4.79 Å². The van der Waals surface area contributed by atoms with Gasteiger partial charge in [-0.05, 0) is 55.9 Å². The standard InChI is InChI=1S/C20H25F5O3/c1-2-3-4-5-14-6-8-15(9-7-14)18(26)27-16-10-12-17(13-11-16)28-20(24,25)19(21,22)23/h10-15H,2-9H2,1H3/t14-,15-. The van der Waals surface area contributed by atoms with Crippen molar-refractivity contribution in [1.82, 2.24) is 0 Å². The highest BCUT2D eigenvalue weighted by atomic mass is 19.4. The average molecular weight is 408 g/mol. The lowest BCUT2D eigenvalue weighted by Gasteiger charge is -2.27. The minimum Gasteiger partial charge on any atom is -0.426 e. The lowest BCUT2D eigenvalue weighted by molar-refractivity contribution is -0.360. The topological polar surface area (TPSA) is 35.5 Å². The molecule has 3 nitrogen and oxygen atoms in total. The van der Waals surface area contributed by atoms with Crippen molar-refractivity contribution in [3.63, 3.8) is 0 Å². The normalized spacial score (nSPS) is 20.6. The Morgan fingerprint density at radius 2 is 1.54 bits per heavy atom. The second kappa shape index (κ2) is 9.56. The smallest absolute Gasteiger partial charge is 0.426 e. The van der Waals surface area contributed by atoms with Crippen LogP contribution < -0.4 is 9.47 Å². The fraction of sp³-hybridized carbons (Fsp3) is 0.650. The van der Waals surface area contributed by atoms with Gasteiger partial charge in [-0.1, -0.05) is 32.6 Å². The second-order valence-corrected chi connectivity index (χ2v) is 7.22. The van der Waals surface area contributed by atoms with E-state index in [1.54, 1.807) is 0 Å². The van der Waals surface area contributed by atoms with Crippen molar-refractivity contribution in [1.29, 1.82) is 0 Å². The Morgan fingerprint density at radius 3 is 2.07 bits per heavy atom. The van der Waals surface area contributed by atoms with E-state index in [2.05, 4.69) is 11.7 Å². The first-order chi connectivity index (χ1) is 13.1. The maximum Gasteiger partial charge on any atom is 0.499 e. The fourth-order valence-electron chi connectivity index (χ4n) is 3.35. The van der Waals surface area contributed by atoms with Crippen molar-refractivity contribution in [2.75, 3.05) is 0 Å². The van der Waals surface area contributed by atoms with Crippen LogP contribution in [0.3, 0.4) is 0 Å². The summed E-state index contributed by atoms with van der Waals surface area (Å²) in [6.45, 7) is 2.16. The molecule has 0 unspecified atom stereocenters. The van der Waals surface area contributed by atoms with E-state index in [0.29, 0.717) is 5.92 Å². The van der Waals surface area contributed by atoms with Gasteiger partial charge in [0.15, 0.2) is 0 Å². The minimum absolute atomic E-state index is 0.0812. The summed E-state index contributed by atoms with van der Waals surface area (Å²) in [6, 6.07) is 4.09. The van der Waals surface area contributed by atoms with Gasteiger partial charge in [0.25, 0.3) is 0 Å². The number of ether oxygens (including phenoxy) is 2. The summed E-state index contributed by atoms with van der Waals surface area (Å²) in [5, 5.41) is 0. The number of halogens is 5. The Morgan fingerprint density at radius 1 is 0.964 bits per heavy atom. The van der Waals surface area contributed by atoms with E-state index in [-0.39, 0.29) is 11.7 Å². The molecule has 8 heteroatoms. The molecule has 0 saturated heterocycles. The largest absolute Gasteiger partial charge is 0.499 e. The Bertz CT molecular complexity index is 620. The van der Waals surface area contributed by atoms with Crippen LogP contribution in [0.2, 0.25) is 0 Å². The van der Waals surface area contributed by atoms with E-state index in [1.807, 2.05) is 0 Å². The molecule has 1 aromatic rings. The predicted molar refractivity (Wildman–Crippen MR) is 93.3 cm³/mol. The molecular formula is C20H25F5O3. The zero-order chi connectivity index (χ0) is 20.8. The van der Waals surface area contributed by atoms with Crippen LogP contribution in [-0.4, -0.2) is 18.3 Å². The molecule has 0 spiro atoms. The highest BCUT2D eigenvalue weighted by Crippen LogP contribution is 2.38. The van der Waals surface area contributed by atoms with Crippen LogP contribution in [0.25, 0.3) is 0 Å². The lowest BCUT2D eigenvalue weighted by atomic mass is 9.80. The summed E-state index contributed by atoms with van der Waals surface area (Å²) < 4.78 is 71.1. The molecular weight excluding hydrogens is 383 g/mol. The number of hydrogen-bond acceptors (Lipinski definition) is 3. The number of rotatable bonds is 8. The zero-order valence-electron chi connectivity index (χ0n) is 15.7. The minimum atomic E-state index is -5.81. The molecule has 1 aromatic carbocycles. The number of hydrogen-bond donors (Lipinski definition) is 0. The molecule has 2 rings (SSSR count). The molecule has 0 aromatic heterocycles. The summed E-state index contributed by atoms with van der Waals surface area (Å²) >= 11 is 0. The second-order valence-electron chi connectivity index (χ2n) is 7.22. The third-order valence-electron chi connectivity index (χ3n) is 5.01. The van der Waals surface area contributed by atoms with E-state index < -0.39 is 24.0 Å². The number of carbonyl (C=O) groups excluding carboxylic acids is 1. The third kappa shape index (κ3) is 6.34. The van der Waals surface area contributed by atoms with E-state index in [9.17, 15) is 26.7 Å². The number of unbranched alkanes of at least 4 members (excludes halogenated alkanes) is 2. The molecule has 0 radical (unpaired) electrons. The maximum absolute atomic E-state index is 12.9. The quantitative estimate of drug-likeness (QED) is 0.213. The predicted octanol–water partition coefficient (Wildman–Crippen LogP) is 6.51. The molecule has 1 fully saturated rings. The molecule has 0 heterocycles. The van der Waals surface area contributed by atoms with Gasteiger partial charge in [-0.15, -0.1) is 0 Å². The van der Waals surface area contributed by atoms with E-state index in [4.69, 9.17) is 4.74 Å². The molecule has 0 bridgehead atoms. The van der Waals surface area contributed by atoms with Crippen LogP contribution in [0.5, 0.6) is 11.5 Å². The molecule has 0 N–H and O–H groups in total. The van der Waals surface area contributed by atoms with Crippen molar-refractivity contribution in [3.8, 4) is 11.5 Å². The van der Waals surface area contributed by atoms with Gasteiger partial charge in [0.2, 0.25) is 0 Å². The van der Waals surface area contributed by atoms with Crippen molar-refractivity contribution in [2.24, 2.45) is 11.8 Å². The van der Waals surface area contributed by atoms with E-state index >= 15 is 0 Å². The maximum atomic E-state index is 12.9. The molecule has 0 atom stereocenters. The van der Waals surface area contributed by atoms with Crippen LogP contribution in [0.4, 0.5) is 22.0 Å². The van der Waals surface area contributed by atoms with Crippen molar-refractivity contribution in [2.45, 2.75) is 70.6 Å². The number of carbonyl (C=O) groups is 1. The van der Waals surface area contributed by atoms with Gasteiger partial charge >= 0.3 is 18.3 Å². The Labute approximate surface area is 161 Å². The first-order valence-corrected chi connectivity index (χ1v) is 9.57. The SMILES string of the molecule is CCCCC[C@H]1CC[C@H](C(=O)Oc2ccc(OC(F)(F)C(F)(F)F)cc2)CC1. The number of benzene rings is 1. The van der Waals surface area contributed by atoms with Gasteiger partial charge in [-0.25, -0.2) is 0 Å². The fourth-order valence-corrected chi connectivity index (χ4v) is 3.35. The van der Waals surface area contributed by atoms with Gasteiger partial charge in [-0.2, -0.15) is 22.0 Å². The Balaban J connectivity index is 1.82. The van der Waals surface area contributed by atoms with Crippen molar-refractivity contribution >= 4 is 5.97 Å². The molecule has 28 heavy (non-hydrogen) atoms. The Hall–Kier alpha value is -1.86. The van der Waals surface area contributed by atoms with Crippen molar-refractivity contribution in [3.05, 3.63) is 24.3 Å². The highest BCUT2D eigenvalue weighted by Gasteiger charge is 2.61. The zero-order valence-corrected chi connectivity index (χ0v) is 15.7. The Kier molecular flexibility index (Phi) is 7.66. The molecule has 1 aliphatic rings. The van der Waals surface area contributed by atoms with E-state index in [1.165, 1.54) is 25.7 Å². The molecule has 0 amide bonds. The monoisotopic (exact) mass is 408 g/mol. The molecule has 158 valence electrons. The molecule has 1 aliphatic carbocycles. The van der Waals surface area contributed by atoms with E-state index in [0.717, 1.165) is 49.9 Å². The van der Waals surface area contributed by atoms with Crippen LogP contribution in [0, 0.1) is 11.8 Å². The first-order valence-electron chi connectivity index (χ1n) is 9.57. The van der Waals surface area contributed by atoms with Crippen LogP contribution in [0.15, 0.2) is 24.3 Å². The average Bonchev–Trinajstić information content (AvgIpc) is 2.63. The third-order valence-corrected chi connectivity index (χ3v) is 5.01. The van der Waals surface area contributed by atoms with Gasteiger partial charge < -0.3 is 9.47 Å². The summed E-state index contributed by atoms with van der Waals surface area (Å²) in [7, 11) is 0.